The Hall–Kier alpha value is -2.57. The van der Waals surface area contributed by atoms with Gasteiger partial charge in [-0.05, 0) is 30.5 Å². The minimum absolute atomic E-state index is 0.00464. The molecule has 4 rings (SSSR count). The number of fused-ring (bicyclic) bond motifs is 2. The zero-order valence-corrected chi connectivity index (χ0v) is 15.2. The number of amides is 1. The molecular weight excluding hydrogens is 369 g/mol. The number of piperidine rings is 1. The van der Waals surface area contributed by atoms with Crippen LogP contribution in [0.3, 0.4) is 0 Å². The van der Waals surface area contributed by atoms with Crippen molar-refractivity contribution in [2.45, 2.75) is 56.5 Å². The van der Waals surface area contributed by atoms with Gasteiger partial charge in [-0.25, -0.2) is 4.98 Å². The Morgan fingerprint density at radius 1 is 1.11 bits per heavy atom. The number of benzene rings is 1. The molecular formula is C21H21F3N2O2. The molecule has 1 amide bonds. The first-order valence-electron chi connectivity index (χ1n) is 9.45. The molecule has 3 heterocycles. The summed E-state index contributed by atoms with van der Waals surface area (Å²) in [6.45, 7) is 0. The number of ether oxygens (including phenoxy) is 1. The molecule has 2 fully saturated rings. The van der Waals surface area contributed by atoms with Gasteiger partial charge in [-0.15, -0.1) is 0 Å². The number of pyridine rings is 1. The summed E-state index contributed by atoms with van der Waals surface area (Å²) in [5.41, 5.74) is -0.325. The van der Waals surface area contributed by atoms with Crippen molar-refractivity contribution in [2.75, 3.05) is 0 Å². The molecule has 2 aliphatic heterocycles. The highest BCUT2D eigenvalue weighted by Gasteiger charge is 2.44. The molecule has 0 aliphatic carbocycles. The van der Waals surface area contributed by atoms with Gasteiger partial charge in [0.15, 0.2) is 0 Å². The number of alkyl halides is 3. The van der Waals surface area contributed by atoms with Crippen molar-refractivity contribution in [1.29, 1.82) is 0 Å². The highest BCUT2D eigenvalue weighted by Crippen LogP contribution is 2.37. The molecule has 7 heteroatoms. The molecule has 2 aromatic rings. The largest absolute Gasteiger partial charge is 0.474 e. The normalized spacial score (nSPS) is 24.2. The minimum Gasteiger partial charge on any atom is -0.474 e. The van der Waals surface area contributed by atoms with Crippen LogP contribution in [0.15, 0.2) is 48.7 Å². The predicted octanol–water partition coefficient (Wildman–Crippen LogP) is 4.24. The van der Waals surface area contributed by atoms with Gasteiger partial charge in [0.1, 0.15) is 6.10 Å². The van der Waals surface area contributed by atoms with E-state index in [1.54, 1.807) is 12.3 Å². The summed E-state index contributed by atoms with van der Waals surface area (Å²) in [6, 6.07) is 10.7. The van der Waals surface area contributed by atoms with Crippen molar-refractivity contribution >= 4 is 5.91 Å². The van der Waals surface area contributed by atoms with E-state index in [9.17, 15) is 18.0 Å². The number of hydrogen-bond donors (Lipinski definition) is 0. The van der Waals surface area contributed by atoms with E-state index in [0.29, 0.717) is 11.4 Å². The summed E-state index contributed by atoms with van der Waals surface area (Å²) in [6.07, 6.45) is 0.523. The molecule has 2 atom stereocenters. The van der Waals surface area contributed by atoms with Crippen molar-refractivity contribution in [2.24, 2.45) is 0 Å². The number of aromatic nitrogens is 1. The Bertz CT molecular complexity index is 827. The lowest BCUT2D eigenvalue weighted by molar-refractivity contribution is -0.138. The summed E-state index contributed by atoms with van der Waals surface area (Å²) in [5.74, 6) is 0.471. The number of halogens is 3. The van der Waals surface area contributed by atoms with Gasteiger partial charge in [0.2, 0.25) is 11.8 Å². The lowest BCUT2D eigenvalue weighted by atomic mass is 9.98. The Kier molecular flexibility index (Phi) is 5.00. The molecule has 2 aliphatic rings. The third kappa shape index (κ3) is 3.98. The van der Waals surface area contributed by atoms with Gasteiger partial charge >= 0.3 is 6.18 Å². The second kappa shape index (κ2) is 7.45. The predicted molar refractivity (Wildman–Crippen MR) is 96.7 cm³/mol. The highest BCUT2D eigenvalue weighted by atomic mass is 19.4. The fourth-order valence-corrected chi connectivity index (χ4v) is 4.34. The van der Waals surface area contributed by atoms with Gasteiger partial charge in [-0.2, -0.15) is 13.2 Å². The first kappa shape index (κ1) is 18.8. The van der Waals surface area contributed by atoms with Crippen molar-refractivity contribution in [3.05, 3.63) is 59.8 Å². The summed E-state index contributed by atoms with van der Waals surface area (Å²) >= 11 is 0. The van der Waals surface area contributed by atoms with E-state index in [-0.39, 0.29) is 30.5 Å². The molecule has 0 saturated carbocycles. The van der Waals surface area contributed by atoms with Crippen LogP contribution in [0.4, 0.5) is 13.2 Å². The molecule has 2 bridgehead atoms. The summed E-state index contributed by atoms with van der Waals surface area (Å²) < 4.78 is 44.7. The highest BCUT2D eigenvalue weighted by molar-refractivity contribution is 5.80. The summed E-state index contributed by atoms with van der Waals surface area (Å²) in [5, 5.41) is 0. The SMILES string of the molecule is O=C(Cc1cccc(C(F)(F)F)c1)N1C2CCC1CC(Oc1ccccn1)C2. The third-order valence-corrected chi connectivity index (χ3v) is 5.51. The van der Waals surface area contributed by atoms with Crippen molar-refractivity contribution in [1.82, 2.24) is 9.88 Å². The van der Waals surface area contributed by atoms with Gasteiger partial charge in [-0.1, -0.05) is 24.3 Å². The van der Waals surface area contributed by atoms with Crippen LogP contribution in [-0.4, -0.2) is 34.0 Å². The molecule has 4 nitrogen and oxygen atoms in total. The van der Waals surface area contributed by atoms with E-state index >= 15 is 0 Å². The van der Waals surface area contributed by atoms with Crippen molar-refractivity contribution in [3.63, 3.8) is 0 Å². The first-order chi connectivity index (χ1) is 13.4. The number of carbonyl (C=O) groups excluding carboxylic acids is 1. The standard InChI is InChI=1S/C21H21F3N2O2/c22-21(23,24)15-5-3-4-14(10-15)11-20(27)26-16-7-8-17(26)13-18(12-16)28-19-6-1-2-9-25-19/h1-6,9-10,16-18H,7-8,11-13H2. The van der Waals surface area contributed by atoms with Crippen LogP contribution < -0.4 is 4.74 Å². The van der Waals surface area contributed by atoms with E-state index in [1.807, 2.05) is 23.1 Å². The Balaban J connectivity index is 1.41. The van der Waals surface area contributed by atoms with E-state index in [2.05, 4.69) is 4.98 Å². The quantitative estimate of drug-likeness (QED) is 0.784. The van der Waals surface area contributed by atoms with Crippen LogP contribution >= 0.6 is 0 Å². The topological polar surface area (TPSA) is 42.4 Å². The zero-order chi connectivity index (χ0) is 19.7. The molecule has 0 spiro atoms. The van der Waals surface area contributed by atoms with Gasteiger partial charge in [0, 0.05) is 37.2 Å². The van der Waals surface area contributed by atoms with Crippen LogP contribution in [-0.2, 0) is 17.4 Å². The smallest absolute Gasteiger partial charge is 0.416 e. The van der Waals surface area contributed by atoms with Gasteiger partial charge in [0.05, 0.1) is 12.0 Å². The van der Waals surface area contributed by atoms with Gasteiger partial charge < -0.3 is 9.64 Å². The molecule has 2 unspecified atom stereocenters. The van der Waals surface area contributed by atoms with Crippen LogP contribution in [0.25, 0.3) is 0 Å². The fraction of sp³-hybridized carbons (Fsp3) is 0.429. The molecule has 148 valence electrons. The lowest BCUT2D eigenvalue weighted by Crippen LogP contribution is -2.49. The molecule has 0 radical (unpaired) electrons. The molecule has 2 saturated heterocycles. The average Bonchev–Trinajstić information content (AvgIpc) is 2.93. The number of carbonyl (C=O) groups is 1. The molecule has 1 aromatic carbocycles. The zero-order valence-electron chi connectivity index (χ0n) is 15.2. The number of nitrogens with zero attached hydrogens (tertiary/aromatic N) is 2. The van der Waals surface area contributed by atoms with Gasteiger partial charge in [-0.3, -0.25) is 4.79 Å². The van der Waals surface area contributed by atoms with Crippen molar-refractivity contribution in [3.8, 4) is 5.88 Å². The first-order valence-corrected chi connectivity index (χ1v) is 9.45. The maximum absolute atomic E-state index is 12.9. The van der Waals surface area contributed by atoms with E-state index < -0.39 is 11.7 Å². The van der Waals surface area contributed by atoms with E-state index in [0.717, 1.165) is 37.8 Å². The molecule has 1 aromatic heterocycles. The Morgan fingerprint density at radius 2 is 1.86 bits per heavy atom. The second-order valence-electron chi connectivity index (χ2n) is 7.44. The minimum atomic E-state index is -4.40. The maximum atomic E-state index is 12.9. The Labute approximate surface area is 161 Å². The summed E-state index contributed by atoms with van der Waals surface area (Å²) in [4.78, 5) is 18.9. The fourth-order valence-electron chi connectivity index (χ4n) is 4.34. The molecule has 28 heavy (non-hydrogen) atoms. The Morgan fingerprint density at radius 3 is 2.50 bits per heavy atom. The monoisotopic (exact) mass is 390 g/mol. The summed E-state index contributed by atoms with van der Waals surface area (Å²) in [7, 11) is 0. The second-order valence-corrected chi connectivity index (χ2v) is 7.44. The lowest BCUT2D eigenvalue weighted by Gasteiger charge is -2.38. The molecule has 0 N–H and O–H groups in total. The van der Waals surface area contributed by atoms with E-state index in [4.69, 9.17) is 4.74 Å². The number of rotatable bonds is 4. The van der Waals surface area contributed by atoms with Crippen LogP contribution in [0.1, 0.15) is 36.8 Å². The van der Waals surface area contributed by atoms with Gasteiger partial charge in [0.25, 0.3) is 0 Å². The third-order valence-electron chi connectivity index (χ3n) is 5.51. The average molecular weight is 390 g/mol. The number of hydrogen-bond acceptors (Lipinski definition) is 3. The van der Waals surface area contributed by atoms with Crippen molar-refractivity contribution < 1.29 is 22.7 Å². The van der Waals surface area contributed by atoms with E-state index in [1.165, 1.54) is 6.07 Å². The van der Waals surface area contributed by atoms with Crippen LogP contribution in [0, 0.1) is 0 Å². The maximum Gasteiger partial charge on any atom is 0.416 e. The van der Waals surface area contributed by atoms with Crippen LogP contribution in [0.5, 0.6) is 5.88 Å². The van der Waals surface area contributed by atoms with Crippen LogP contribution in [0.2, 0.25) is 0 Å².